The molecule has 0 aliphatic carbocycles. The van der Waals surface area contributed by atoms with Crippen LogP contribution in [0.15, 0.2) is 60.7 Å². The van der Waals surface area contributed by atoms with E-state index in [1.54, 1.807) is 0 Å². The van der Waals surface area contributed by atoms with E-state index in [1.165, 1.54) is 0 Å². The first-order valence-electron chi connectivity index (χ1n) is 7.50. The molecule has 0 aliphatic rings. The first kappa shape index (κ1) is 15.1. The second-order valence-corrected chi connectivity index (χ2v) is 4.99. The fraction of sp³-hybridized carbons (Fsp3) is 0.278. The second-order valence-electron chi connectivity index (χ2n) is 4.99. The Balaban J connectivity index is 2.09. The number of urea groups is 1. The topological polar surface area (TPSA) is 32.3 Å². The third-order valence-corrected chi connectivity index (χ3v) is 3.32. The molecule has 2 aromatic rings. The summed E-state index contributed by atoms with van der Waals surface area (Å²) < 4.78 is 0. The van der Waals surface area contributed by atoms with Gasteiger partial charge in [-0.05, 0) is 30.7 Å². The highest BCUT2D eigenvalue weighted by Gasteiger charge is 2.14. The molecule has 3 nitrogen and oxygen atoms in total. The van der Waals surface area contributed by atoms with Crippen molar-refractivity contribution in [3.63, 3.8) is 0 Å². The fourth-order valence-corrected chi connectivity index (χ4v) is 2.19. The molecule has 21 heavy (non-hydrogen) atoms. The highest BCUT2D eigenvalue weighted by Crippen LogP contribution is 2.16. The van der Waals surface area contributed by atoms with E-state index in [0.29, 0.717) is 0 Å². The number of benzene rings is 2. The summed E-state index contributed by atoms with van der Waals surface area (Å²) in [4.78, 5) is 14.3. The molecular weight excluding hydrogens is 260 g/mol. The molecule has 2 aromatic carbocycles. The number of carbonyl (C=O) groups excluding carboxylic acids is 1. The monoisotopic (exact) mass is 282 g/mol. The molecule has 3 heteroatoms. The summed E-state index contributed by atoms with van der Waals surface area (Å²) in [6.45, 7) is 2.90. The molecule has 110 valence electrons. The van der Waals surface area contributed by atoms with E-state index >= 15 is 0 Å². The van der Waals surface area contributed by atoms with Gasteiger partial charge in [0.1, 0.15) is 0 Å². The zero-order valence-corrected chi connectivity index (χ0v) is 12.5. The summed E-state index contributed by atoms with van der Waals surface area (Å²) in [5.74, 6) is 0. The van der Waals surface area contributed by atoms with Crippen LogP contribution in [0.5, 0.6) is 0 Å². The minimum absolute atomic E-state index is 0.0801. The zero-order chi connectivity index (χ0) is 14.9. The minimum Gasteiger partial charge on any atom is -0.308 e. The van der Waals surface area contributed by atoms with Crippen molar-refractivity contribution in [2.24, 2.45) is 0 Å². The van der Waals surface area contributed by atoms with Gasteiger partial charge < -0.3 is 5.32 Å². The van der Waals surface area contributed by atoms with Gasteiger partial charge in [0, 0.05) is 17.9 Å². The predicted molar refractivity (Wildman–Crippen MR) is 88.8 cm³/mol. The van der Waals surface area contributed by atoms with Crippen LogP contribution in [0.1, 0.15) is 26.2 Å². The van der Waals surface area contributed by atoms with Crippen LogP contribution in [0, 0.1) is 0 Å². The van der Waals surface area contributed by atoms with Gasteiger partial charge in [-0.25, -0.2) is 4.79 Å². The van der Waals surface area contributed by atoms with Crippen molar-refractivity contribution < 1.29 is 4.79 Å². The lowest BCUT2D eigenvalue weighted by Crippen LogP contribution is -2.35. The van der Waals surface area contributed by atoms with Crippen molar-refractivity contribution >= 4 is 17.4 Å². The summed E-state index contributed by atoms with van der Waals surface area (Å²) >= 11 is 0. The third kappa shape index (κ3) is 4.63. The molecule has 2 rings (SSSR count). The number of unbranched alkanes of at least 4 members (excludes halogenated alkanes) is 2. The average Bonchev–Trinajstić information content (AvgIpc) is 2.53. The summed E-state index contributed by atoms with van der Waals surface area (Å²) in [5.41, 5.74) is 1.75. The number of rotatable bonds is 6. The molecule has 0 aromatic heterocycles. The van der Waals surface area contributed by atoms with Crippen molar-refractivity contribution in [2.45, 2.75) is 26.2 Å². The molecule has 0 unspecified atom stereocenters. The Hall–Kier alpha value is -2.29. The molecule has 0 aliphatic heterocycles. The van der Waals surface area contributed by atoms with E-state index in [9.17, 15) is 4.79 Å². The maximum Gasteiger partial charge on any atom is 0.326 e. The van der Waals surface area contributed by atoms with Crippen LogP contribution in [0.25, 0.3) is 0 Å². The van der Waals surface area contributed by atoms with Crippen LogP contribution in [0.3, 0.4) is 0 Å². The Labute approximate surface area is 126 Å². The van der Waals surface area contributed by atoms with Crippen molar-refractivity contribution in [3.8, 4) is 0 Å². The number of amides is 2. The van der Waals surface area contributed by atoms with E-state index < -0.39 is 0 Å². The third-order valence-electron chi connectivity index (χ3n) is 3.32. The van der Waals surface area contributed by atoms with Crippen molar-refractivity contribution in [3.05, 3.63) is 60.7 Å². The number of para-hydroxylation sites is 2. The Kier molecular flexibility index (Phi) is 5.83. The fourth-order valence-electron chi connectivity index (χ4n) is 2.19. The molecule has 0 saturated heterocycles. The normalized spacial score (nSPS) is 10.1. The van der Waals surface area contributed by atoms with Crippen LogP contribution in [-0.4, -0.2) is 12.6 Å². The van der Waals surface area contributed by atoms with Crippen LogP contribution in [0.4, 0.5) is 16.2 Å². The lowest BCUT2D eigenvalue weighted by atomic mass is 10.2. The molecule has 0 heterocycles. The molecule has 0 bridgehead atoms. The lowest BCUT2D eigenvalue weighted by molar-refractivity contribution is 0.256. The predicted octanol–water partition coefficient (Wildman–Crippen LogP) is 4.92. The summed E-state index contributed by atoms with van der Waals surface area (Å²) in [6.07, 6.45) is 3.28. The van der Waals surface area contributed by atoms with Gasteiger partial charge in [-0.2, -0.15) is 0 Å². The Morgan fingerprint density at radius 3 is 2.19 bits per heavy atom. The maximum absolute atomic E-state index is 12.5. The number of carbonyl (C=O) groups is 1. The molecule has 0 spiro atoms. The molecular formula is C18H22N2O. The van der Waals surface area contributed by atoms with Gasteiger partial charge >= 0.3 is 6.03 Å². The van der Waals surface area contributed by atoms with Crippen molar-refractivity contribution in [1.29, 1.82) is 0 Å². The first-order valence-corrected chi connectivity index (χ1v) is 7.50. The van der Waals surface area contributed by atoms with Gasteiger partial charge in [0.2, 0.25) is 0 Å². The smallest absolute Gasteiger partial charge is 0.308 e. The van der Waals surface area contributed by atoms with Crippen molar-refractivity contribution in [1.82, 2.24) is 0 Å². The lowest BCUT2D eigenvalue weighted by Gasteiger charge is -2.23. The average molecular weight is 282 g/mol. The van der Waals surface area contributed by atoms with Crippen LogP contribution in [-0.2, 0) is 0 Å². The number of anilines is 2. The van der Waals surface area contributed by atoms with Crippen LogP contribution < -0.4 is 10.2 Å². The second kappa shape index (κ2) is 8.10. The molecule has 1 N–H and O–H groups in total. The van der Waals surface area contributed by atoms with Crippen LogP contribution in [0.2, 0.25) is 0 Å². The van der Waals surface area contributed by atoms with Gasteiger partial charge in [0.15, 0.2) is 0 Å². The Bertz CT molecular complexity index is 540. The standard InChI is InChI=1S/C18H22N2O/c1-2-3-10-15-20(17-13-8-5-9-14-17)18(21)19-16-11-6-4-7-12-16/h4-9,11-14H,2-3,10,15H2,1H3,(H,19,21). The van der Waals surface area contributed by atoms with Crippen molar-refractivity contribution in [2.75, 3.05) is 16.8 Å². The maximum atomic E-state index is 12.5. The highest BCUT2D eigenvalue weighted by molar-refractivity contribution is 6.01. The quantitative estimate of drug-likeness (QED) is 0.750. The molecule has 2 amide bonds. The number of nitrogens with one attached hydrogen (secondary N) is 1. The van der Waals surface area contributed by atoms with E-state index in [0.717, 1.165) is 37.2 Å². The van der Waals surface area contributed by atoms with Gasteiger partial charge in [0.05, 0.1) is 0 Å². The number of hydrogen-bond acceptors (Lipinski definition) is 1. The van der Waals surface area contributed by atoms with E-state index in [2.05, 4.69) is 12.2 Å². The Morgan fingerprint density at radius 2 is 1.57 bits per heavy atom. The molecule has 0 radical (unpaired) electrons. The summed E-state index contributed by atoms with van der Waals surface area (Å²) in [5, 5.41) is 2.95. The van der Waals surface area contributed by atoms with Crippen LogP contribution >= 0.6 is 0 Å². The first-order chi connectivity index (χ1) is 10.3. The zero-order valence-electron chi connectivity index (χ0n) is 12.5. The molecule has 0 fully saturated rings. The molecule has 0 atom stereocenters. The van der Waals surface area contributed by atoms with E-state index in [1.807, 2.05) is 65.6 Å². The number of nitrogens with zero attached hydrogens (tertiary/aromatic N) is 1. The van der Waals surface area contributed by atoms with Gasteiger partial charge in [0.25, 0.3) is 0 Å². The minimum atomic E-state index is -0.0801. The van der Waals surface area contributed by atoms with E-state index in [-0.39, 0.29) is 6.03 Å². The molecule has 0 saturated carbocycles. The SMILES string of the molecule is CCCCCN(C(=O)Nc1ccccc1)c1ccccc1. The van der Waals surface area contributed by atoms with E-state index in [4.69, 9.17) is 0 Å². The largest absolute Gasteiger partial charge is 0.326 e. The summed E-state index contributed by atoms with van der Waals surface area (Å²) in [6, 6.07) is 19.3. The summed E-state index contributed by atoms with van der Waals surface area (Å²) in [7, 11) is 0. The Morgan fingerprint density at radius 1 is 0.952 bits per heavy atom. The van der Waals surface area contributed by atoms with Gasteiger partial charge in [-0.1, -0.05) is 56.2 Å². The number of hydrogen-bond donors (Lipinski definition) is 1. The van der Waals surface area contributed by atoms with Gasteiger partial charge in [-0.3, -0.25) is 4.90 Å². The van der Waals surface area contributed by atoms with Gasteiger partial charge in [-0.15, -0.1) is 0 Å². The highest BCUT2D eigenvalue weighted by atomic mass is 16.2.